The Labute approximate surface area is 139 Å². The van der Waals surface area contributed by atoms with Gasteiger partial charge in [-0.05, 0) is 46.2 Å². The van der Waals surface area contributed by atoms with Crippen molar-refractivity contribution >= 4 is 21.5 Å². The molecule has 0 fully saturated rings. The summed E-state index contributed by atoms with van der Waals surface area (Å²) in [5.41, 5.74) is 1.70. The summed E-state index contributed by atoms with van der Waals surface area (Å²) in [6.07, 6.45) is 0. The van der Waals surface area contributed by atoms with Crippen LogP contribution < -0.4 is 0 Å². The molecule has 0 radical (unpaired) electrons. The zero-order valence-electron chi connectivity index (χ0n) is 13.1. The third-order valence-corrected chi connectivity index (χ3v) is 4.46. The highest BCUT2D eigenvalue weighted by Gasteiger charge is 2.20. The normalized spacial score (nSPS) is 11.2. The van der Waals surface area contributed by atoms with Gasteiger partial charge in [0.1, 0.15) is 5.75 Å². The lowest BCUT2D eigenvalue weighted by atomic mass is 9.90. The Balaban J connectivity index is 2.26. The second kappa shape index (κ2) is 5.17. The van der Waals surface area contributed by atoms with Crippen LogP contribution in [0.4, 0.5) is 0 Å². The Kier molecular flexibility index (Phi) is 3.10. The van der Waals surface area contributed by atoms with Crippen molar-refractivity contribution in [3.63, 3.8) is 0 Å². The fourth-order valence-electron chi connectivity index (χ4n) is 3.30. The second-order valence-electron chi connectivity index (χ2n) is 5.98. The molecule has 118 valence electrons. The lowest BCUT2D eigenvalue weighted by Gasteiger charge is -2.16. The molecule has 3 N–H and O–H groups in total. The van der Waals surface area contributed by atoms with Gasteiger partial charge in [0, 0.05) is 11.1 Å². The molecule has 0 spiro atoms. The van der Waals surface area contributed by atoms with Crippen LogP contribution in [0.2, 0.25) is 0 Å². The van der Waals surface area contributed by atoms with Gasteiger partial charge in [-0.25, -0.2) is 0 Å². The maximum absolute atomic E-state index is 10.7. The van der Waals surface area contributed by atoms with Crippen molar-refractivity contribution in [1.29, 1.82) is 0 Å². The van der Waals surface area contributed by atoms with Gasteiger partial charge in [0.2, 0.25) is 0 Å². The van der Waals surface area contributed by atoms with Gasteiger partial charge in [-0.1, -0.05) is 48.5 Å². The van der Waals surface area contributed by atoms with Gasteiger partial charge in [0.25, 0.3) is 0 Å². The number of hydrogen-bond acceptors (Lipinski definition) is 3. The Morgan fingerprint density at radius 1 is 0.625 bits per heavy atom. The minimum absolute atomic E-state index is 0.111. The van der Waals surface area contributed by atoms with E-state index in [-0.39, 0.29) is 17.2 Å². The molecule has 0 saturated carbocycles. The predicted octanol–water partition coefficient (Wildman–Crippen LogP) is 5.09. The Morgan fingerprint density at radius 3 is 1.75 bits per heavy atom. The maximum Gasteiger partial charge on any atom is 0.166 e. The minimum Gasteiger partial charge on any atom is -0.507 e. The topological polar surface area (TPSA) is 60.7 Å². The number of fused-ring (bicyclic) bond motifs is 2. The van der Waals surface area contributed by atoms with Gasteiger partial charge < -0.3 is 15.3 Å². The minimum atomic E-state index is -0.222. The van der Waals surface area contributed by atoms with Crippen molar-refractivity contribution in [2.75, 3.05) is 0 Å². The van der Waals surface area contributed by atoms with Crippen molar-refractivity contribution < 1.29 is 15.3 Å². The van der Waals surface area contributed by atoms with Gasteiger partial charge in [-0.2, -0.15) is 0 Å². The number of hydrogen-bond donors (Lipinski definition) is 3. The molecule has 0 aliphatic rings. The van der Waals surface area contributed by atoms with E-state index in [2.05, 4.69) is 0 Å². The van der Waals surface area contributed by atoms with Crippen LogP contribution in [-0.4, -0.2) is 15.3 Å². The van der Waals surface area contributed by atoms with E-state index in [9.17, 15) is 15.3 Å². The monoisotopic (exact) mass is 316 g/mol. The molecule has 4 aromatic rings. The molecule has 0 atom stereocenters. The zero-order chi connectivity index (χ0) is 16.8. The average Bonchev–Trinajstić information content (AvgIpc) is 2.58. The largest absolute Gasteiger partial charge is 0.507 e. The van der Waals surface area contributed by atoms with Crippen LogP contribution in [0, 0.1) is 6.92 Å². The van der Waals surface area contributed by atoms with Crippen LogP contribution in [0.15, 0.2) is 60.7 Å². The van der Waals surface area contributed by atoms with Gasteiger partial charge in [0.15, 0.2) is 11.5 Å². The van der Waals surface area contributed by atoms with Gasteiger partial charge in [-0.3, -0.25) is 0 Å². The van der Waals surface area contributed by atoms with Crippen LogP contribution in [0.25, 0.3) is 32.7 Å². The fourth-order valence-corrected chi connectivity index (χ4v) is 3.30. The van der Waals surface area contributed by atoms with E-state index in [0.717, 1.165) is 27.1 Å². The smallest absolute Gasteiger partial charge is 0.166 e. The Morgan fingerprint density at radius 2 is 1.12 bits per heavy atom. The molecular weight excluding hydrogens is 300 g/mol. The molecule has 0 saturated heterocycles. The fraction of sp³-hybridized carbons (Fsp3) is 0.0476. The molecular formula is C21H16O3. The van der Waals surface area contributed by atoms with Crippen molar-refractivity contribution in [3.05, 3.63) is 66.2 Å². The third-order valence-electron chi connectivity index (χ3n) is 4.46. The summed E-state index contributed by atoms with van der Waals surface area (Å²) < 4.78 is 0. The summed E-state index contributed by atoms with van der Waals surface area (Å²) in [5.74, 6) is -0.312. The van der Waals surface area contributed by atoms with Gasteiger partial charge in [-0.15, -0.1) is 0 Å². The SMILES string of the molecule is Cc1cc2ccccc2c(-c2c(O)c(O)cc3ccccc23)c1O. The van der Waals surface area contributed by atoms with Crippen LogP contribution in [0.5, 0.6) is 17.2 Å². The quantitative estimate of drug-likeness (QED) is 0.429. The molecule has 0 unspecified atom stereocenters. The van der Waals surface area contributed by atoms with Gasteiger partial charge in [0.05, 0.1) is 0 Å². The van der Waals surface area contributed by atoms with E-state index < -0.39 is 0 Å². The average molecular weight is 316 g/mol. The highest BCUT2D eigenvalue weighted by Crippen LogP contribution is 2.48. The molecule has 0 aliphatic heterocycles. The highest BCUT2D eigenvalue weighted by atomic mass is 16.3. The lowest BCUT2D eigenvalue weighted by molar-refractivity contribution is 0.406. The number of benzene rings is 4. The first-order valence-corrected chi connectivity index (χ1v) is 7.73. The second-order valence-corrected chi connectivity index (χ2v) is 5.98. The van der Waals surface area contributed by atoms with E-state index in [1.54, 1.807) is 0 Å². The summed E-state index contributed by atoms with van der Waals surface area (Å²) >= 11 is 0. The molecule has 0 aromatic heterocycles. The van der Waals surface area contributed by atoms with E-state index in [4.69, 9.17) is 0 Å². The molecule has 3 nitrogen and oxygen atoms in total. The van der Waals surface area contributed by atoms with Gasteiger partial charge >= 0.3 is 0 Å². The molecule has 0 aliphatic carbocycles. The highest BCUT2D eigenvalue weighted by molar-refractivity contribution is 6.10. The number of aryl methyl sites for hydroxylation is 1. The molecule has 4 aromatic carbocycles. The third kappa shape index (κ3) is 1.98. The van der Waals surface area contributed by atoms with Crippen LogP contribution in [0.3, 0.4) is 0 Å². The molecule has 0 bridgehead atoms. The molecule has 3 heteroatoms. The maximum atomic E-state index is 10.7. The van der Waals surface area contributed by atoms with Crippen LogP contribution in [0.1, 0.15) is 5.56 Å². The standard InChI is InChI=1S/C21H16O3/c1-12-10-13-6-2-4-8-15(13)18(20(12)23)19-16-9-5-3-7-14(16)11-17(22)21(19)24/h2-11,22-24H,1H3. The van der Waals surface area contributed by atoms with Crippen molar-refractivity contribution in [3.8, 4) is 28.4 Å². The Hall–Kier alpha value is -3.20. The van der Waals surface area contributed by atoms with E-state index in [0.29, 0.717) is 11.1 Å². The van der Waals surface area contributed by atoms with Crippen LogP contribution >= 0.6 is 0 Å². The number of phenols is 3. The number of rotatable bonds is 1. The first kappa shape index (κ1) is 14.4. The summed E-state index contributed by atoms with van der Waals surface area (Å²) in [5, 5.41) is 34.8. The molecule has 0 amide bonds. The van der Waals surface area contributed by atoms with Crippen molar-refractivity contribution in [1.82, 2.24) is 0 Å². The summed E-state index contributed by atoms with van der Waals surface area (Å²) in [6, 6.07) is 18.6. The molecule has 4 rings (SSSR count). The van der Waals surface area contributed by atoms with E-state index in [1.807, 2.05) is 61.5 Å². The van der Waals surface area contributed by atoms with E-state index >= 15 is 0 Å². The predicted molar refractivity (Wildman–Crippen MR) is 96.6 cm³/mol. The van der Waals surface area contributed by atoms with Crippen molar-refractivity contribution in [2.24, 2.45) is 0 Å². The Bertz CT molecular complexity index is 1010. The van der Waals surface area contributed by atoms with E-state index in [1.165, 1.54) is 6.07 Å². The summed E-state index contributed by atoms with van der Waals surface area (Å²) in [4.78, 5) is 0. The molecule has 24 heavy (non-hydrogen) atoms. The molecule has 0 heterocycles. The summed E-state index contributed by atoms with van der Waals surface area (Å²) in [6.45, 7) is 1.83. The first-order valence-electron chi connectivity index (χ1n) is 7.73. The number of aromatic hydroxyl groups is 3. The van der Waals surface area contributed by atoms with Crippen LogP contribution in [-0.2, 0) is 0 Å². The van der Waals surface area contributed by atoms with Crippen molar-refractivity contribution in [2.45, 2.75) is 6.92 Å². The lowest BCUT2D eigenvalue weighted by Crippen LogP contribution is -1.89. The first-order chi connectivity index (χ1) is 11.6. The zero-order valence-corrected chi connectivity index (χ0v) is 13.1. The number of phenolic OH excluding ortho intramolecular Hbond substituents is 3. The summed E-state index contributed by atoms with van der Waals surface area (Å²) in [7, 11) is 0.